The second-order valence-corrected chi connectivity index (χ2v) is 5.67. The number of rotatable bonds is 7. The topological polar surface area (TPSA) is 119 Å². The van der Waals surface area contributed by atoms with E-state index in [0.717, 1.165) is 6.07 Å². The molecule has 0 amide bonds. The van der Waals surface area contributed by atoms with Crippen LogP contribution in [0.2, 0.25) is 0 Å². The fourth-order valence-corrected chi connectivity index (χ4v) is 2.90. The number of aliphatic carboxylic acids is 1. The van der Waals surface area contributed by atoms with E-state index in [-0.39, 0.29) is 23.8 Å². The van der Waals surface area contributed by atoms with Crippen molar-refractivity contribution in [2.45, 2.75) is 23.0 Å². The van der Waals surface area contributed by atoms with Gasteiger partial charge in [0, 0.05) is 11.4 Å². The fraction of sp³-hybridized carbons (Fsp3) is 0.333. The number of carbonyl (C=O) groups is 1. The molecular weight excluding hydrogens is 285 g/mol. The number of benzene rings is 1. The highest BCUT2D eigenvalue weighted by atomic mass is 32.2. The van der Waals surface area contributed by atoms with Gasteiger partial charge in [-0.15, -0.1) is 0 Å². The molecule has 0 bridgehead atoms. The van der Waals surface area contributed by atoms with Gasteiger partial charge in [-0.05, 0) is 31.0 Å². The van der Waals surface area contributed by atoms with Crippen LogP contribution in [-0.4, -0.2) is 33.0 Å². The van der Waals surface area contributed by atoms with E-state index in [1.54, 1.807) is 0 Å². The van der Waals surface area contributed by atoms with Gasteiger partial charge in [0.25, 0.3) is 0 Å². The van der Waals surface area contributed by atoms with E-state index in [1.807, 2.05) is 0 Å². The lowest BCUT2D eigenvalue weighted by molar-refractivity contribution is -0.136. The van der Waals surface area contributed by atoms with Crippen molar-refractivity contribution in [2.24, 2.45) is 16.5 Å². The SMILES string of the molecule is NC(N)=NCCCC(C(=O)O)S(=O)c1cccc(F)c1. The Morgan fingerprint density at radius 2 is 2.15 bits per heavy atom. The third-order valence-electron chi connectivity index (χ3n) is 2.48. The zero-order valence-electron chi connectivity index (χ0n) is 10.7. The average molecular weight is 301 g/mol. The molecule has 0 saturated carbocycles. The summed E-state index contributed by atoms with van der Waals surface area (Å²) in [5.41, 5.74) is 10.3. The number of halogens is 1. The molecule has 0 aliphatic rings. The lowest BCUT2D eigenvalue weighted by Crippen LogP contribution is -2.26. The van der Waals surface area contributed by atoms with Gasteiger partial charge in [-0.3, -0.25) is 14.0 Å². The number of aliphatic imine (C=N–C) groups is 1. The van der Waals surface area contributed by atoms with Gasteiger partial charge in [0.2, 0.25) is 0 Å². The van der Waals surface area contributed by atoms with Gasteiger partial charge >= 0.3 is 5.97 Å². The Hall–Kier alpha value is -1.96. The Morgan fingerprint density at radius 1 is 1.45 bits per heavy atom. The average Bonchev–Trinajstić information content (AvgIpc) is 2.37. The summed E-state index contributed by atoms with van der Waals surface area (Å²) in [5, 5.41) is 7.99. The molecule has 110 valence electrons. The summed E-state index contributed by atoms with van der Waals surface area (Å²) in [6.07, 6.45) is 0.505. The van der Waals surface area contributed by atoms with Crippen LogP contribution in [0.4, 0.5) is 4.39 Å². The molecule has 8 heteroatoms. The zero-order chi connectivity index (χ0) is 15.1. The summed E-state index contributed by atoms with van der Waals surface area (Å²) in [7, 11) is -1.83. The van der Waals surface area contributed by atoms with E-state index >= 15 is 0 Å². The van der Waals surface area contributed by atoms with E-state index in [4.69, 9.17) is 16.6 Å². The first-order valence-corrected chi connectivity index (χ1v) is 7.07. The summed E-state index contributed by atoms with van der Waals surface area (Å²) in [6, 6.07) is 5.10. The monoisotopic (exact) mass is 301 g/mol. The summed E-state index contributed by atoms with van der Waals surface area (Å²) in [5.74, 6) is -1.83. The molecule has 0 spiro atoms. The third kappa shape index (κ3) is 4.96. The molecule has 1 aromatic carbocycles. The molecule has 0 aliphatic heterocycles. The highest BCUT2D eigenvalue weighted by molar-refractivity contribution is 7.86. The van der Waals surface area contributed by atoms with Crippen LogP contribution in [0, 0.1) is 5.82 Å². The van der Waals surface area contributed by atoms with Crippen molar-refractivity contribution in [3.05, 3.63) is 30.1 Å². The number of carboxylic acids is 1. The highest BCUT2D eigenvalue weighted by Crippen LogP contribution is 2.16. The van der Waals surface area contributed by atoms with Gasteiger partial charge in [-0.1, -0.05) is 6.07 Å². The molecule has 2 unspecified atom stereocenters. The summed E-state index contributed by atoms with van der Waals surface area (Å²) < 4.78 is 25.2. The predicted molar refractivity (Wildman–Crippen MR) is 74.1 cm³/mol. The normalized spacial score (nSPS) is 13.4. The molecule has 0 saturated heterocycles. The largest absolute Gasteiger partial charge is 0.480 e. The van der Waals surface area contributed by atoms with Crippen molar-refractivity contribution in [1.29, 1.82) is 0 Å². The molecule has 0 aromatic heterocycles. The molecule has 0 radical (unpaired) electrons. The van der Waals surface area contributed by atoms with Crippen LogP contribution in [-0.2, 0) is 15.6 Å². The van der Waals surface area contributed by atoms with Crippen molar-refractivity contribution in [3.8, 4) is 0 Å². The lowest BCUT2D eigenvalue weighted by atomic mass is 10.2. The van der Waals surface area contributed by atoms with E-state index < -0.39 is 27.8 Å². The van der Waals surface area contributed by atoms with Gasteiger partial charge in [0.15, 0.2) is 5.96 Å². The number of carboxylic acid groups (broad SMARTS) is 1. The molecule has 0 fully saturated rings. The molecule has 0 heterocycles. The Balaban J connectivity index is 2.73. The fourth-order valence-electron chi connectivity index (χ4n) is 1.56. The number of hydrogen-bond acceptors (Lipinski definition) is 3. The highest BCUT2D eigenvalue weighted by Gasteiger charge is 2.25. The molecule has 20 heavy (non-hydrogen) atoms. The van der Waals surface area contributed by atoms with Crippen molar-refractivity contribution in [1.82, 2.24) is 0 Å². The third-order valence-corrected chi connectivity index (χ3v) is 4.15. The van der Waals surface area contributed by atoms with E-state index in [9.17, 15) is 13.4 Å². The molecule has 0 aliphatic carbocycles. The maximum absolute atomic E-state index is 13.1. The Kier molecular flexibility index (Phi) is 6.10. The van der Waals surface area contributed by atoms with Crippen LogP contribution in [0.1, 0.15) is 12.8 Å². The minimum Gasteiger partial charge on any atom is -0.480 e. The van der Waals surface area contributed by atoms with Crippen molar-refractivity contribution >= 4 is 22.7 Å². The smallest absolute Gasteiger partial charge is 0.319 e. The first kappa shape index (κ1) is 16.1. The second kappa shape index (κ2) is 7.59. The summed E-state index contributed by atoms with van der Waals surface area (Å²) in [6.45, 7) is 0.256. The molecule has 2 atom stereocenters. The Bertz CT molecular complexity index is 532. The van der Waals surface area contributed by atoms with Crippen LogP contribution in [0.5, 0.6) is 0 Å². The van der Waals surface area contributed by atoms with E-state index in [0.29, 0.717) is 6.42 Å². The molecule has 1 aromatic rings. The van der Waals surface area contributed by atoms with Crippen LogP contribution in [0.25, 0.3) is 0 Å². The van der Waals surface area contributed by atoms with Crippen LogP contribution in [0.3, 0.4) is 0 Å². The van der Waals surface area contributed by atoms with Gasteiger partial charge < -0.3 is 16.6 Å². The first-order valence-electron chi connectivity index (χ1n) is 5.86. The van der Waals surface area contributed by atoms with Gasteiger partial charge in [0.05, 0.1) is 10.8 Å². The number of nitrogens with zero attached hydrogens (tertiary/aromatic N) is 1. The molecule has 1 rings (SSSR count). The second-order valence-electron chi connectivity index (χ2n) is 4.03. The van der Waals surface area contributed by atoms with Crippen LogP contribution in [0.15, 0.2) is 34.2 Å². The predicted octanol–water partition coefficient (Wildman–Crippen LogP) is 0.440. The first-order chi connectivity index (χ1) is 9.41. The Morgan fingerprint density at radius 3 is 2.70 bits per heavy atom. The maximum atomic E-state index is 13.1. The minimum atomic E-state index is -1.83. The quantitative estimate of drug-likeness (QED) is 0.383. The van der Waals surface area contributed by atoms with Crippen molar-refractivity contribution in [3.63, 3.8) is 0 Å². The minimum absolute atomic E-state index is 0.0804. The van der Waals surface area contributed by atoms with Crippen molar-refractivity contribution < 1.29 is 18.5 Å². The van der Waals surface area contributed by atoms with Crippen LogP contribution >= 0.6 is 0 Å². The molecule has 5 N–H and O–H groups in total. The lowest BCUT2D eigenvalue weighted by Gasteiger charge is -2.11. The van der Waals surface area contributed by atoms with Gasteiger partial charge in [-0.2, -0.15) is 0 Å². The van der Waals surface area contributed by atoms with E-state index in [1.165, 1.54) is 18.2 Å². The summed E-state index contributed by atoms with van der Waals surface area (Å²) in [4.78, 5) is 15.0. The molecular formula is C12H16FN3O3S. The zero-order valence-corrected chi connectivity index (χ0v) is 11.5. The number of guanidine groups is 1. The van der Waals surface area contributed by atoms with Crippen molar-refractivity contribution in [2.75, 3.05) is 6.54 Å². The standard InChI is InChI=1S/C12H16FN3O3S/c13-8-3-1-4-9(7-8)20(19)10(11(17)18)5-2-6-16-12(14)15/h1,3-4,7,10H,2,5-6H2,(H,17,18)(H4,14,15,16). The maximum Gasteiger partial charge on any atom is 0.319 e. The molecule has 6 nitrogen and oxygen atoms in total. The Labute approximate surface area is 118 Å². The van der Waals surface area contributed by atoms with E-state index in [2.05, 4.69) is 4.99 Å². The van der Waals surface area contributed by atoms with Gasteiger partial charge in [-0.25, -0.2) is 4.39 Å². The van der Waals surface area contributed by atoms with Crippen LogP contribution < -0.4 is 11.5 Å². The number of nitrogens with two attached hydrogens (primary N) is 2. The number of hydrogen-bond donors (Lipinski definition) is 3. The van der Waals surface area contributed by atoms with Gasteiger partial charge in [0.1, 0.15) is 11.1 Å². The summed E-state index contributed by atoms with van der Waals surface area (Å²) >= 11 is 0.